The van der Waals surface area contributed by atoms with Crippen LogP contribution in [0.4, 0.5) is 5.69 Å². The first kappa shape index (κ1) is 12.0. The van der Waals surface area contributed by atoms with Crippen molar-refractivity contribution >= 4 is 11.7 Å². The van der Waals surface area contributed by atoms with Gasteiger partial charge in [-0.05, 0) is 31.2 Å². The van der Waals surface area contributed by atoms with Crippen molar-refractivity contribution in [2.45, 2.75) is 6.92 Å². The standard InChI is InChI=1S/C10H13N3O3/c1-2-15-10(14)7-16-9-5-3-8(4-6-9)12-13-11/h3-6H,2,7H2,1H3,(H2,11,12). The lowest BCUT2D eigenvalue weighted by Gasteiger charge is -2.05. The number of carbonyl (C=O) groups excluding carboxylic acids is 1. The van der Waals surface area contributed by atoms with Gasteiger partial charge in [0, 0.05) is 0 Å². The Morgan fingerprint density at radius 2 is 2.06 bits per heavy atom. The smallest absolute Gasteiger partial charge is 0.344 e. The van der Waals surface area contributed by atoms with Gasteiger partial charge in [0.05, 0.1) is 12.3 Å². The maximum Gasteiger partial charge on any atom is 0.344 e. The molecule has 1 rings (SSSR count). The summed E-state index contributed by atoms with van der Waals surface area (Å²) in [4.78, 5) is 11.0. The van der Waals surface area contributed by atoms with Crippen LogP contribution in [0.25, 0.3) is 0 Å². The van der Waals surface area contributed by atoms with Crippen molar-refractivity contribution in [3.63, 3.8) is 0 Å². The van der Waals surface area contributed by atoms with Crippen LogP contribution >= 0.6 is 0 Å². The van der Waals surface area contributed by atoms with Gasteiger partial charge in [0.25, 0.3) is 0 Å². The molecule has 1 aromatic rings. The molecule has 0 spiro atoms. The van der Waals surface area contributed by atoms with Gasteiger partial charge >= 0.3 is 5.97 Å². The number of rotatable bonds is 5. The van der Waals surface area contributed by atoms with Gasteiger partial charge in [-0.2, -0.15) is 0 Å². The number of carbonyl (C=O) groups is 1. The van der Waals surface area contributed by atoms with Crippen LogP contribution in [-0.4, -0.2) is 19.2 Å². The van der Waals surface area contributed by atoms with Crippen LogP contribution in [0.5, 0.6) is 5.75 Å². The summed E-state index contributed by atoms with van der Waals surface area (Å²) in [5.41, 5.74) is 0.617. The Morgan fingerprint density at radius 3 is 2.62 bits per heavy atom. The second-order valence-corrected chi connectivity index (χ2v) is 2.80. The molecule has 0 atom stereocenters. The molecule has 0 aliphatic heterocycles. The minimum absolute atomic E-state index is 0.106. The highest BCUT2D eigenvalue weighted by Gasteiger charge is 2.02. The van der Waals surface area contributed by atoms with Crippen LogP contribution in [0.1, 0.15) is 6.92 Å². The highest BCUT2D eigenvalue weighted by Crippen LogP contribution is 2.17. The average Bonchev–Trinajstić information content (AvgIpc) is 2.29. The van der Waals surface area contributed by atoms with E-state index < -0.39 is 5.97 Å². The lowest BCUT2D eigenvalue weighted by atomic mass is 10.3. The van der Waals surface area contributed by atoms with E-state index >= 15 is 0 Å². The number of benzene rings is 1. The second kappa shape index (κ2) is 6.39. The second-order valence-electron chi connectivity index (χ2n) is 2.80. The normalized spacial score (nSPS) is 10.3. The first-order chi connectivity index (χ1) is 7.76. The minimum atomic E-state index is -0.395. The number of ether oxygens (including phenoxy) is 2. The molecule has 0 saturated heterocycles. The van der Waals surface area contributed by atoms with Gasteiger partial charge in [0.15, 0.2) is 6.61 Å². The van der Waals surface area contributed by atoms with Gasteiger partial charge < -0.3 is 15.3 Å². The van der Waals surface area contributed by atoms with Crippen LogP contribution in [-0.2, 0) is 9.53 Å². The molecule has 0 unspecified atom stereocenters. The van der Waals surface area contributed by atoms with E-state index in [4.69, 9.17) is 15.3 Å². The van der Waals surface area contributed by atoms with E-state index in [-0.39, 0.29) is 6.61 Å². The Labute approximate surface area is 93.0 Å². The summed E-state index contributed by atoms with van der Waals surface area (Å²) in [6.07, 6.45) is 0. The van der Waals surface area contributed by atoms with Crippen LogP contribution in [0.15, 0.2) is 34.6 Å². The Balaban J connectivity index is 2.46. The summed E-state index contributed by atoms with van der Waals surface area (Å²) in [5.74, 6) is 5.06. The van der Waals surface area contributed by atoms with E-state index in [9.17, 15) is 4.79 Å². The van der Waals surface area contributed by atoms with E-state index in [1.165, 1.54) is 0 Å². The number of nitrogens with zero attached hydrogens (tertiary/aromatic N) is 2. The molecule has 0 fully saturated rings. The molecule has 0 aliphatic carbocycles. The monoisotopic (exact) mass is 223 g/mol. The molecule has 0 aromatic heterocycles. The van der Waals surface area contributed by atoms with Crippen LogP contribution in [0, 0.1) is 0 Å². The Morgan fingerprint density at radius 1 is 1.38 bits per heavy atom. The Kier molecular flexibility index (Phi) is 4.78. The molecule has 0 aliphatic rings. The third-order valence-electron chi connectivity index (χ3n) is 1.67. The topological polar surface area (TPSA) is 86.3 Å². The summed E-state index contributed by atoms with van der Waals surface area (Å²) in [6.45, 7) is 1.98. The molecule has 0 heterocycles. The van der Waals surface area contributed by atoms with Gasteiger partial charge in [-0.25, -0.2) is 4.79 Å². The van der Waals surface area contributed by atoms with Crippen molar-refractivity contribution < 1.29 is 14.3 Å². The molecule has 86 valence electrons. The van der Waals surface area contributed by atoms with E-state index in [1.54, 1.807) is 31.2 Å². The predicted molar refractivity (Wildman–Crippen MR) is 57.3 cm³/mol. The van der Waals surface area contributed by atoms with E-state index in [2.05, 4.69) is 10.3 Å². The summed E-state index contributed by atoms with van der Waals surface area (Å²) in [7, 11) is 0. The predicted octanol–water partition coefficient (Wildman–Crippen LogP) is 1.59. The zero-order valence-corrected chi connectivity index (χ0v) is 8.92. The molecule has 0 bridgehead atoms. The third-order valence-corrected chi connectivity index (χ3v) is 1.67. The lowest BCUT2D eigenvalue weighted by Crippen LogP contribution is -2.14. The SMILES string of the molecule is CCOC(=O)COc1ccc(N=NN)cc1. The summed E-state index contributed by atoms with van der Waals surface area (Å²) in [6, 6.07) is 6.69. The van der Waals surface area contributed by atoms with E-state index in [0.717, 1.165) is 0 Å². The summed E-state index contributed by atoms with van der Waals surface area (Å²) in [5, 5.41) is 6.77. The van der Waals surface area contributed by atoms with Gasteiger partial charge in [-0.3, -0.25) is 0 Å². The maximum atomic E-state index is 11.0. The fourth-order valence-electron chi connectivity index (χ4n) is 1.02. The first-order valence-corrected chi connectivity index (χ1v) is 4.75. The zero-order valence-electron chi connectivity index (χ0n) is 8.92. The molecular formula is C10H13N3O3. The fraction of sp³-hybridized carbons (Fsp3) is 0.300. The number of nitrogens with two attached hydrogens (primary N) is 1. The zero-order chi connectivity index (χ0) is 11.8. The third kappa shape index (κ3) is 3.95. The molecule has 0 saturated carbocycles. The molecule has 16 heavy (non-hydrogen) atoms. The number of esters is 1. The number of hydrogen-bond donors (Lipinski definition) is 1. The molecule has 0 radical (unpaired) electrons. The molecule has 6 nitrogen and oxygen atoms in total. The lowest BCUT2D eigenvalue weighted by molar-refractivity contribution is -0.145. The Bertz CT molecular complexity index is 362. The molecule has 0 amide bonds. The van der Waals surface area contributed by atoms with Gasteiger partial charge in [0.1, 0.15) is 5.75 Å². The molecular weight excluding hydrogens is 210 g/mol. The van der Waals surface area contributed by atoms with Crippen LogP contribution < -0.4 is 10.6 Å². The Hall–Kier alpha value is -2.11. The van der Waals surface area contributed by atoms with Crippen molar-refractivity contribution in [1.82, 2.24) is 0 Å². The summed E-state index contributed by atoms with van der Waals surface area (Å²) < 4.78 is 9.89. The average molecular weight is 223 g/mol. The van der Waals surface area contributed by atoms with Crippen molar-refractivity contribution in [3.8, 4) is 5.75 Å². The number of hydrogen-bond acceptors (Lipinski definition) is 5. The van der Waals surface area contributed by atoms with Gasteiger partial charge in [-0.1, -0.05) is 5.22 Å². The first-order valence-electron chi connectivity index (χ1n) is 4.75. The quantitative estimate of drug-likeness (QED) is 0.355. The molecule has 2 N–H and O–H groups in total. The van der Waals surface area contributed by atoms with E-state index in [1.807, 2.05) is 0 Å². The highest BCUT2D eigenvalue weighted by atomic mass is 16.6. The van der Waals surface area contributed by atoms with Crippen LogP contribution in [0.2, 0.25) is 0 Å². The van der Waals surface area contributed by atoms with Gasteiger partial charge in [0.2, 0.25) is 0 Å². The molecule has 6 heteroatoms. The largest absolute Gasteiger partial charge is 0.482 e. The van der Waals surface area contributed by atoms with Crippen molar-refractivity contribution in [1.29, 1.82) is 0 Å². The van der Waals surface area contributed by atoms with Crippen molar-refractivity contribution in [2.24, 2.45) is 16.2 Å². The highest BCUT2D eigenvalue weighted by molar-refractivity contribution is 5.71. The van der Waals surface area contributed by atoms with Crippen molar-refractivity contribution in [2.75, 3.05) is 13.2 Å². The fourth-order valence-corrected chi connectivity index (χ4v) is 1.02. The maximum absolute atomic E-state index is 11.0. The van der Waals surface area contributed by atoms with Crippen molar-refractivity contribution in [3.05, 3.63) is 24.3 Å². The van der Waals surface area contributed by atoms with Crippen LogP contribution in [0.3, 0.4) is 0 Å². The molecule has 1 aromatic carbocycles. The minimum Gasteiger partial charge on any atom is -0.482 e. The van der Waals surface area contributed by atoms with E-state index in [0.29, 0.717) is 18.0 Å². The summed E-state index contributed by atoms with van der Waals surface area (Å²) >= 11 is 0. The van der Waals surface area contributed by atoms with Gasteiger partial charge in [-0.15, -0.1) is 5.11 Å².